The molecule has 3 N–H and O–H groups in total. The molecule has 2 aromatic carbocycles. The zero-order valence-electron chi connectivity index (χ0n) is 22.2. The number of nitrogens with one attached hydrogen (secondary N) is 1. The molecular weight excluding hydrogens is 570 g/mol. The molecule has 8 nitrogen and oxygen atoms in total. The third-order valence-corrected chi connectivity index (χ3v) is 7.06. The maximum Gasteiger partial charge on any atom is 0.389 e. The van der Waals surface area contributed by atoms with Crippen LogP contribution in [0.25, 0.3) is 0 Å². The molecule has 3 atom stereocenters. The number of para-hydroxylation sites is 1. The van der Waals surface area contributed by atoms with E-state index in [0.717, 1.165) is 0 Å². The smallest absolute Gasteiger partial charge is 0.389 e. The van der Waals surface area contributed by atoms with E-state index in [1.807, 2.05) is 0 Å². The van der Waals surface area contributed by atoms with E-state index in [2.05, 4.69) is 10.3 Å². The molecule has 0 bridgehead atoms. The Kier molecular flexibility index (Phi) is 9.12. The van der Waals surface area contributed by atoms with E-state index in [1.54, 1.807) is 48.5 Å². The van der Waals surface area contributed by atoms with Crippen molar-refractivity contribution in [2.45, 2.75) is 50.6 Å². The monoisotopic (exact) mass is 598 g/mol. The van der Waals surface area contributed by atoms with Gasteiger partial charge in [-0.2, -0.15) is 26.3 Å². The van der Waals surface area contributed by atoms with Gasteiger partial charge in [-0.05, 0) is 25.3 Å². The first kappa shape index (κ1) is 30.8. The van der Waals surface area contributed by atoms with Crippen LogP contribution in [-0.4, -0.2) is 55.1 Å². The molecule has 2 heterocycles. The maximum atomic E-state index is 13.8. The number of alkyl halides is 6. The Balaban J connectivity index is 1.75. The molecule has 0 unspecified atom stereocenters. The number of nitrogens with zero attached hydrogens (tertiary/aromatic N) is 2. The fourth-order valence-corrected chi connectivity index (χ4v) is 5.10. The van der Waals surface area contributed by atoms with Crippen molar-refractivity contribution in [3.8, 4) is 5.75 Å². The number of amides is 3. The second-order valence-electron chi connectivity index (χ2n) is 10.0. The number of hydrogen-bond acceptors (Lipinski definition) is 5. The highest BCUT2D eigenvalue weighted by Crippen LogP contribution is 2.39. The molecule has 2 aliphatic rings. The first-order valence-electron chi connectivity index (χ1n) is 13.2. The van der Waals surface area contributed by atoms with Crippen LogP contribution in [0, 0.1) is 11.8 Å². The van der Waals surface area contributed by atoms with E-state index in [1.165, 1.54) is 4.90 Å². The van der Waals surface area contributed by atoms with Crippen molar-refractivity contribution >= 4 is 29.1 Å². The van der Waals surface area contributed by atoms with Gasteiger partial charge in [0.25, 0.3) is 5.91 Å². The van der Waals surface area contributed by atoms with Crippen LogP contribution in [0.1, 0.15) is 43.2 Å². The zero-order valence-corrected chi connectivity index (χ0v) is 22.2. The quantitative estimate of drug-likeness (QED) is 0.414. The zero-order chi connectivity index (χ0) is 30.7. The van der Waals surface area contributed by atoms with E-state index in [0.29, 0.717) is 29.0 Å². The number of nitrogens with two attached hydrogens (primary N) is 1. The summed E-state index contributed by atoms with van der Waals surface area (Å²) in [6, 6.07) is 13.7. The summed E-state index contributed by atoms with van der Waals surface area (Å²) < 4.78 is 84.1. The van der Waals surface area contributed by atoms with Gasteiger partial charge in [0.15, 0.2) is 0 Å². The Morgan fingerprint density at radius 2 is 1.62 bits per heavy atom. The predicted octanol–water partition coefficient (Wildman–Crippen LogP) is 4.50. The Morgan fingerprint density at radius 1 is 0.976 bits per heavy atom. The van der Waals surface area contributed by atoms with Crippen molar-refractivity contribution in [3.05, 3.63) is 59.7 Å². The normalized spacial score (nSPS) is 18.5. The van der Waals surface area contributed by atoms with Crippen molar-refractivity contribution in [2.24, 2.45) is 22.6 Å². The number of anilines is 1. The number of rotatable bonds is 9. The highest BCUT2D eigenvalue weighted by molar-refractivity contribution is 6.21. The van der Waals surface area contributed by atoms with Crippen molar-refractivity contribution < 1.29 is 45.5 Å². The summed E-state index contributed by atoms with van der Waals surface area (Å²) in [5.74, 6) is -6.71. The minimum absolute atomic E-state index is 0.166. The van der Waals surface area contributed by atoms with E-state index < -0.39 is 73.8 Å². The third kappa shape index (κ3) is 7.39. The Morgan fingerprint density at radius 3 is 2.24 bits per heavy atom. The van der Waals surface area contributed by atoms with Crippen LogP contribution >= 0.6 is 0 Å². The molecule has 226 valence electrons. The molecule has 0 aliphatic carbocycles. The van der Waals surface area contributed by atoms with Crippen LogP contribution in [0.2, 0.25) is 0 Å². The molecule has 14 heteroatoms. The number of carbonyl (C=O) groups excluding carboxylic acids is 3. The fraction of sp³-hybridized carbons (Fsp3) is 0.429. The summed E-state index contributed by atoms with van der Waals surface area (Å²) in [6.45, 7) is 0.452. The second kappa shape index (κ2) is 12.4. The topological polar surface area (TPSA) is 114 Å². The Labute approximate surface area is 236 Å². The molecule has 0 saturated carbocycles. The van der Waals surface area contributed by atoms with Crippen molar-refractivity contribution in [2.75, 3.05) is 18.1 Å². The summed E-state index contributed by atoms with van der Waals surface area (Å²) in [7, 11) is 0. The van der Waals surface area contributed by atoms with Crippen molar-refractivity contribution in [3.63, 3.8) is 0 Å². The molecule has 4 rings (SSSR count). The van der Waals surface area contributed by atoms with Gasteiger partial charge in [-0.25, -0.2) is 4.99 Å². The summed E-state index contributed by atoms with van der Waals surface area (Å²) >= 11 is 0. The van der Waals surface area contributed by atoms with Gasteiger partial charge in [-0.15, -0.1) is 0 Å². The molecule has 0 saturated heterocycles. The lowest BCUT2D eigenvalue weighted by Gasteiger charge is -2.28. The third-order valence-electron chi connectivity index (χ3n) is 7.06. The molecule has 2 aliphatic heterocycles. The van der Waals surface area contributed by atoms with Gasteiger partial charge in [0, 0.05) is 42.3 Å². The predicted molar refractivity (Wildman–Crippen MR) is 140 cm³/mol. The first-order chi connectivity index (χ1) is 19.7. The summed E-state index contributed by atoms with van der Waals surface area (Å²) in [5, 5.41) is 2.33. The number of carbonyl (C=O) groups is 3. The van der Waals surface area contributed by atoms with Gasteiger partial charge in [0.2, 0.25) is 18.0 Å². The van der Waals surface area contributed by atoms with Crippen LogP contribution in [0.3, 0.4) is 0 Å². The molecule has 0 radical (unpaired) electrons. The fourth-order valence-electron chi connectivity index (χ4n) is 5.10. The van der Waals surface area contributed by atoms with Gasteiger partial charge >= 0.3 is 12.4 Å². The second-order valence-corrected chi connectivity index (χ2v) is 10.0. The summed E-state index contributed by atoms with van der Waals surface area (Å²) in [4.78, 5) is 45.3. The molecule has 2 aromatic rings. The molecular formula is C28H28F6N4O4. The maximum absolute atomic E-state index is 13.8. The van der Waals surface area contributed by atoms with Crippen LogP contribution in [-0.2, 0) is 14.4 Å². The molecule has 3 amide bonds. The Bertz CT molecular complexity index is 1350. The van der Waals surface area contributed by atoms with E-state index in [4.69, 9.17) is 10.5 Å². The van der Waals surface area contributed by atoms with Gasteiger partial charge in [0.1, 0.15) is 5.75 Å². The Hall–Kier alpha value is -4.10. The highest BCUT2D eigenvalue weighted by atomic mass is 19.4. The van der Waals surface area contributed by atoms with E-state index >= 15 is 0 Å². The van der Waals surface area contributed by atoms with Gasteiger partial charge in [0.05, 0.1) is 18.0 Å². The lowest BCUT2D eigenvalue weighted by Crippen LogP contribution is -2.51. The van der Waals surface area contributed by atoms with Crippen molar-refractivity contribution in [1.29, 1.82) is 0 Å². The lowest BCUT2D eigenvalue weighted by molar-refractivity contribution is -0.152. The van der Waals surface area contributed by atoms with Crippen LogP contribution in [0.5, 0.6) is 5.75 Å². The SMILES string of the molecule is NC(=O)[C@@H](CCC(F)(F)F)[C@@H](CCC(F)(F)F)C(=O)N[C@H]1N=C(c2ccccc2)c2cccc3c2N(CCCO3)C1=O. The summed E-state index contributed by atoms with van der Waals surface area (Å²) in [6.07, 6.45) is -15.9. The average molecular weight is 599 g/mol. The van der Waals surface area contributed by atoms with Gasteiger partial charge in [-0.1, -0.05) is 42.5 Å². The summed E-state index contributed by atoms with van der Waals surface area (Å²) in [5.41, 5.74) is 7.01. The molecule has 0 fully saturated rings. The van der Waals surface area contributed by atoms with E-state index in [-0.39, 0.29) is 18.9 Å². The van der Waals surface area contributed by atoms with Crippen molar-refractivity contribution in [1.82, 2.24) is 5.32 Å². The van der Waals surface area contributed by atoms with Crippen LogP contribution in [0.4, 0.5) is 32.0 Å². The standard InChI is InChI=1S/C28H28F6N4O4/c29-27(30,31)12-10-17(23(35)39)18(11-13-28(32,33)34)25(40)37-24-26(41)38-14-5-15-42-20-9-4-8-19(22(20)38)21(36-24)16-6-2-1-3-7-16/h1-4,6-9,17-18,24H,5,10-15H2,(H2,35,39)(H,37,40)/t17-,18+,24+/m0/s1. The van der Waals surface area contributed by atoms with Crippen LogP contribution in [0.15, 0.2) is 53.5 Å². The number of benzene rings is 2. The van der Waals surface area contributed by atoms with Gasteiger partial charge < -0.3 is 20.7 Å². The minimum atomic E-state index is -4.77. The largest absolute Gasteiger partial charge is 0.491 e. The number of ether oxygens (including phenoxy) is 1. The lowest BCUT2D eigenvalue weighted by atomic mass is 9.83. The molecule has 42 heavy (non-hydrogen) atoms. The van der Waals surface area contributed by atoms with Gasteiger partial charge in [-0.3, -0.25) is 14.4 Å². The highest BCUT2D eigenvalue weighted by Gasteiger charge is 2.42. The van der Waals surface area contributed by atoms with Crippen LogP contribution < -0.4 is 20.7 Å². The number of primary amides is 1. The van der Waals surface area contributed by atoms with E-state index in [9.17, 15) is 40.7 Å². The number of aliphatic imine (C=N–C) groups is 1. The number of hydrogen-bond donors (Lipinski definition) is 2. The number of halogens is 6. The minimum Gasteiger partial charge on any atom is -0.491 e. The first-order valence-corrected chi connectivity index (χ1v) is 13.2. The molecule has 0 aromatic heterocycles. The average Bonchev–Trinajstić information content (AvgIpc) is 3.20. The molecule has 0 spiro atoms.